The number of allylic oxidation sites excluding steroid dienone is 1. The smallest absolute Gasteiger partial charge is 0.180 e. The largest absolute Gasteiger partial charge is 0.332 e. The van der Waals surface area contributed by atoms with Crippen molar-refractivity contribution in [3.05, 3.63) is 72.2 Å². The van der Waals surface area contributed by atoms with E-state index >= 15 is 0 Å². The molecule has 4 rings (SSSR count). The van der Waals surface area contributed by atoms with Gasteiger partial charge in [0, 0.05) is 30.4 Å². The molecule has 0 aliphatic rings. The Morgan fingerprint density at radius 1 is 1.22 bits per heavy atom. The number of imidazole rings is 1. The summed E-state index contributed by atoms with van der Waals surface area (Å²) in [4.78, 5) is 13.5. The van der Waals surface area contributed by atoms with Crippen molar-refractivity contribution in [3.8, 4) is 11.3 Å². The fraction of sp³-hybridized carbons (Fsp3) is 0.158. The van der Waals surface area contributed by atoms with E-state index in [0.717, 1.165) is 27.6 Å². The normalized spacial score (nSPS) is 13.0. The molecule has 4 aromatic rings. The monoisotopic (exact) mass is 377 g/mol. The van der Waals surface area contributed by atoms with Crippen LogP contribution in [-0.4, -0.2) is 29.5 Å². The van der Waals surface area contributed by atoms with E-state index in [-0.39, 0.29) is 5.25 Å². The van der Waals surface area contributed by atoms with Gasteiger partial charge in [-0.05, 0) is 26.0 Å². The van der Waals surface area contributed by atoms with Crippen LogP contribution in [0, 0.1) is 0 Å². The molecule has 4 heterocycles. The molecule has 0 bridgehead atoms. The van der Waals surface area contributed by atoms with E-state index in [1.165, 1.54) is 0 Å². The van der Waals surface area contributed by atoms with Crippen LogP contribution in [0.15, 0.2) is 66.5 Å². The predicted molar refractivity (Wildman–Crippen MR) is 108 cm³/mol. The van der Waals surface area contributed by atoms with E-state index in [1.807, 2.05) is 60.4 Å². The van der Waals surface area contributed by atoms with Gasteiger partial charge in [-0.15, -0.1) is 0 Å². The minimum absolute atomic E-state index is 0.214. The highest BCUT2D eigenvalue weighted by Gasteiger charge is 2.14. The number of thioether (sulfide) groups is 1. The number of rotatable bonds is 6. The fourth-order valence-electron chi connectivity index (χ4n) is 2.77. The summed E-state index contributed by atoms with van der Waals surface area (Å²) in [5.41, 5.74) is 3.74. The first-order valence-electron chi connectivity index (χ1n) is 8.58. The molecule has 27 heavy (non-hydrogen) atoms. The zero-order valence-corrected chi connectivity index (χ0v) is 15.8. The molecule has 7 nitrogen and oxygen atoms in total. The van der Waals surface area contributed by atoms with Crippen LogP contribution in [0.5, 0.6) is 0 Å². The third kappa shape index (κ3) is 3.56. The van der Waals surface area contributed by atoms with Gasteiger partial charge >= 0.3 is 0 Å². The quantitative estimate of drug-likeness (QED) is 0.522. The molecule has 0 aromatic carbocycles. The van der Waals surface area contributed by atoms with Gasteiger partial charge in [-0.2, -0.15) is 5.10 Å². The van der Waals surface area contributed by atoms with Crippen molar-refractivity contribution >= 4 is 23.2 Å². The third-order valence-corrected chi connectivity index (χ3v) is 5.32. The molecule has 4 aromatic heterocycles. The van der Waals surface area contributed by atoms with E-state index < -0.39 is 0 Å². The summed E-state index contributed by atoms with van der Waals surface area (Å²) in [6.07, 6.45) is 13.0. The zero-order chi connectivity index (χ0) is 18.6. The van der Waals surface area contributed by atoms with Crippen molar-refractivity contribution in [2.24, 2.45) is 0 Å². The summed E-state index contributed by atoms with van der Waals surface area (Å²) in [6.45, 7) is 4.14. The van der Waals surface area contributed by atoms with Crippen molar-refractivity contribution in [3.63, 3.8) is 0 Å². The van der Waals surface area contributed by atoms with Crippen molar-refractivity contribution in [2.75, 3.05) is 5.32 Å². The number of hydrogen-bond donors (Lipinski definition) is 2. The first kappa shape index (κ1) is 17.3. The molecule has 0 fully saturated rings. The Hall–Kier alpha value is -3.13. The summed E-state index contributed by atoms with van der Waals surface area (Å²) in [7, 11) is 0. The first-order chi connectivity index (χ1) is 13.3. The summed E-state index contributed by atoms with van der Waals surface area (Å²) in [5.74, 6) is 0.709. The molecule has 1 atom stereocenters. The van der Waals surface area contributed by atoms with Crippen LogP contribution in [0.1, 0.15) is 24.8 Å². The Kier molecular flexibility index (Phi) is 4.88. The number of anilines is 1. The van der Waals surface area contributed by atoms with E-state index in [2.05, 4.69) is 37.4 Å². The molecule has 1 unspecified atom stereocenters. The lowest BCUT2D eigenvalue weighted by Gasteiger charge is -2.15. The molecule has 0 saturated carbocycles. The van der Waals surface area contributed by atoms with Gasteiger partial charge in [0.1, 0.15) is 0 Å². The maximum Gasteiger partial charge on any atom is 0.180 e. The number of H-pyrrole nitrogens is 1. The van der Waals surface area contributed by atoms with E-state index in [1.54, 1.807) is 24.2 Å². The highest BCUT2D eigenvalue weighted by molar-refractivity contribution is 8.03. The second-order valence-corrected chi connectivity index (χ2v) is 7.28. The SMILES string of the molecule is C/C=C(/Nc1nccn2c(-c3cn[nH]c3)cnc12)SC(C)c1ccccn1. The number of hydrogen-bond acceptors (Lipinski definition) is 6. The molecular weight excluding hydrogens is 358 g/mol. The molecule has 0 amide bonds. The number of aromatic nitrogens is 6. The standard InChI is InChI=1S/C19H19N7S/c1-3-17(27-13(2)15-6-4-5-7-20-15)25-18-19-22-12-16(14-10-23-24-11-14)26(19)9-8-21-18/h3-13H,1-2H3,(H,21,25)(H,23,24)/b17-3-. The van der Waals surface area contributed by atoms with Gasteiger partial charge in [-0.25, -0.2) is 9.97 Å². The van der Waals surface area contributed by atoms with Gasteiger partial charge in [0.15, 0.2) is 11.5 Å². The fourth-order valence-corrected chi connectivity index (χ4v) is 3.70. The van der Waals surface area contributed by atoms with Crippen molar-refractivity contribution in [2.45, 2.75) is 19.1 Å². The van der Waals surface area contributed by atoms with Crippen LogP contribution in [0.3, 0.4) is 0 Å². The van der Waals surface area contributed by atoms with Crippen LogP contribution >= 0.6 is 11.8 Å². The number of pyridine rings is 1. The number of nitrogens with zero attached hydrogens (tertiary/aromatic N) is 5. The average Bonchev–Trinajstić information content (AvgIpc) is 3.38. The Bertz CT molecular complexity index is 1050. The van der Waals surface area contributed by atoms with Crippen LogP contribution in [0.4, 0.5) is 5.82 Å². The molecule has 136 valence electrons. The number of fused-ring (bicyclic) bond motifs is 1. The Balaban J connectivity index is 1.59. The molecular formula is C19H19N7S. The van der Waals surface area contributed by atoms with Crippen LogP contribution in [0.25, 0.3) is 16.9 Å². The lowest BCUT2D eigenvalue weighted by atomic mass is 10.3. The minimum atomic E-state index is 0.214. The van der Waals surface area contributed by atoms with Gasteiger partial charge in [0.05, 0.1) is 34.1 Å². The maximum atomic E-state index is 4.55. The lowest BCUT2D eigenvalue weighted by molar-refractivity contribution is 1.01. The van der Waals surface area contributed by atoms with Crippen LogP contribution in [0.2, 0.25) is 0 Å². The first-order valence-corrected chi connectivity index (χ1v) is 9.46. The number of aromatic amines is 1. The van der Waals surface area contributed by atoms with Gasteiger partial charge in [-0.1, -0.05) is 23.9 Å². The highest BCUT2D eigenvalue weighted by atomic mass is 32.2. The third-order valence-electron chi connectivity index (χ3n) is 4.13. The topological polar surface area (TPSA) is 83.8 Å². The predicted octanol–water partition coefficient (Wildman–Crippen LogP) is 4.28. The van der Waals surface area contributed by atoms with Crippen LogP contribution < -0.4 is 5.32 Å². The Morgan fingerprint density at radius 3 is 2.89 bits per heavy atom. The summed E-state index contributed by atoms with van der Waals surface area (Å²) >= 11 is 1.70. The lowest BCUT2D eigenvalue weighted by Crippen LogP contribution is -2.03. The molecule has 8 heteroatoms. The van der Waals surface area contributed by atoms with E-state index in [0.29, 0.717) is 5.82 Å². The molecule has 0 radical (unpaired) electrons. The van der Waals surface area contributed by atoms with Crippen molar-refractivity contribution in [1.82, 2.24) is 29.5 Å². The van der Waals surface area contributed by atoms with Crippen molar-refractivity contribution in [1.29, 1.82) is 0 Å². The second-order valence-electron chi connectivity index (χ2n) is 5.89. The molecule has 0 saturated heterocycles. The maximum absolute atomic E-state index is 4.55. The van der Waals surface area contributed by atoms with Gasteiger partial charge in [-0.3, -0.25) is 14.5 Å². The van der Waals surface area contributed by atoms with E-state index in [9.17, 15) is 0 Å². The van der Waals surface area contributed by atoms with Gasteiger partial charge in [0.2, 0.25) is 0 Å². The Morgan fingerprint density at radius 2 is 2.15 bits per heavy atom. The highest BCUT2D eigenvalue weighted by Crippen LogP contribution is 2.34. The summed E-state index contributed by atoms with van der Waals surface area (Å²) in [5, 5.41) is 11.5. The molecule has 0 aliphatic carbocycles. The molecule has 2 N–H and O–H groups in total. The van der Waals surface area contributed by atoms with Gasteiger partial charge < -0.3 is 5.32 Å². The minimum Gasteiger partial charge on any atom is -0.332 e. The zero-order valence-electron chi connectivity index (χ0n) is 15.0. The summed E-state index contributed by atoms with van der Waals surface area (Å²) in [6, 6.07) is 5.97. The average molecular weight is 377 g/mol. The molecule has 0 spiro atoms. The Labute approximate surface area is 161 Å². The van der Waals surface area contributed by atoms with Crippen molar-refractivity contribution < 1.29 is 0 Å². The van der Waals surface area contributed by atoms with E-state index in [4.69, 9.17) is 0 Å². The summed E-state index contributed by atoms with van der Waals surface area (Å²) < 4.78 is 2.00. The second kappa shape index (κ2) is 7.63. The number of nitrogens with one attached hydrogen (secondary N) is 2. The molecule has 0 aliphatic heterocycles. The van der Waals surface area contributed by atoms with Crippen LogP contribution in [-0.2, 0) is 0 Å². The van der Waals surface area contributed by atoms with Gasteiger partial charge in [0.25, 0.3) is 0 Å².